The lowest BCUT2D eigenvalue weighted by molar-refractivity contribution is 0.0486. The molecule has 0 spiro atoms. The van der Waals surface area contributed by atoms with E-state index >= 15 is 0 Å². The van der Waals surface area contributed by atoms with Crippen LogP contribution in [0.2, 0.25) is 0 Å². The number of sulfonamides is 1. The van der Waals surface area contributed by atoms with Gasteiger partial charge in [-0.2, -0.15) is 0 Å². The summed E-state index contributed by atoms with van der Waals surface area (Å²) < 4.78 is 33.7. The molecule has 1 fully saturated rings. The van der Waals surface area contributed by atoms with Crippen molar-refractivity contribution in [1.29, 1.82) is 0 Å². The lowest BCUT2D eigenvalue weighted by Crippen LogP contribution is -2.50. The number of rotatable bonds is 1. The minimum absolute atomic E-state index is 0.109. The van der Waals surface area contributed by atoms with Crippen molar-refractivity contribution in [2.24, 2.45) is 4.40 Å². The topological polar surface area (TPSA) is 100 Å². The Morgan fingerprint density at radius 2 is 2.08 bits per heavy atom. The van der Waals surface area contributed by atoms with Crippen LogP contribution >= 0.6 is 10.8 Å². The number of hydrogen-bond donors (Lipinski definition) is 1. The van der Waals surface area contributed by atoms with Gasteiger partial charge in [0.05, 0.1) is 0 Å². The molecule has 1 atom stereocenters. The van der Waals surface area contributed by atoms with Crippen molar-refractivity contribution in [1.82, 2.24) is 10.2 Å². The molecule has 1 amide bonds. The molecule has 0 radical (unpaired) electrons. The number of carbonyl (C=O) groups excluding carboxylic acids is 1. The minimum atomic E-state index is -3.63. The molecule has 25 heavy (non-hydrogen) atoms. The lowest BCUT2D eigenvalue weighted by Gasteiger charge is -2.52. The fourth-order valence-corrected chi connectivity index (χ4v) is 4.31. The van der Waals surface area contributed by atoms with Crippen molar-refractivity contribution >= 4 is 22.7 Å². The van der Waals surface area contributed by atoms with Crippen molar-refractivity contribution in [3.05, 3.63) is 29.8 Å². The zero-order valence-corrected chi connectivity index (χ0v) is 15.5. The van der Waals surface area contributed by atoms with Gasteiger partial charge in [-0.25, -0.2) is 9.19 Å². The van der Waals surface area contributed by atoms with Gasteiger partial charge in [-0.05, 0) is 45.7 Å². The van der Waals surface area contributed by atoms with E-state index in [9.17, 15) is 13.9 Å². The van der Waals surface area contributed by atoms with Gasteiger partial charge in [0, 0.05) is 29.6 Å². The second kappa shape index (κ2) is 6.51. The number of alkyl carbamates (subject to hydrolysis) is 1. The van der Waals surface area contributed by atoms with Crippen LogP contribution in [-0.2, 0) is 4.74 Å². The maximum atomic E-state index is 12.2. The van der Waals surface area contributed by atoms with E-state index in [0.717, 1.165) is 12.8 Å². The molecule has 0 saturated carbocycles. The standard InChI is InChI=1S/C17H25N3O4S/c1-17(2,3)24-16(21)18-12-7-6-10-20(11-12)15-13-8-4-5-9-14(13)25(22,23)19-15/h4-5,8-9,12,22-23H,6-7,10-11H2,1-3H3,(H,18,21)/p-2. The quantitative estimate of drug-likeness (QED) is 0.825. The summed E-state index contributed by atoms with van der Waals surface area (Å²) in [6.45, 7) is 6.65. The van der Waals surface area contributed by atoms with E-state index in [4.69, 9.17) is 4.74 Å². The van der Waals surface area contributed by atoms with Crippen LogP contribution in [0.4, 0.5) is 4.79 Å². The van der Waals surface area contributed by atoms with Crippen molar-refractivity contribution in [2.45, 2.75) is 50.2 Å². The lowest BCUT2D eigenvalue weighted by atomic mass is 10.0. The van der Waals surface area contributed by atoms with Gasteiger partial charge in [0.25, 0.3) is 0 Å². The Hall–Kier alpha value is -1.77. The normalized spacial score (nSPS) is 23.5. The molecule has 2 heterocycles. The Labute approximate surface area is 149 Å². The fraction of sp³-hybridized carbons (Fsp3) is 0.529. The molecule has 1 saturated heterocycles. The second-order valence-corrected chi connectivity index (χ2v) is 8.89. The first-order valence-corrected chi connectivity index (χ1v) is 9.78. The molecular formula is C17H23N3O4S-2. The SMILES string of the molecule is CC(C)(C)OC(=O)NC1CCCN(C2=NS([O-])([O-])c3ccccc32)C1. The van der Waals surface area contributed by atoms with Gasteiger partial charge in [-0.15, -0.1) is 0 Å². The number of fused-ring (bicyclic) bond motifs is 1. The Bertz CT molecular complexity index is 699. The van der Waals surface area contributed by atoms with E-state index in [1.165, 1.54) is 0 Å². The molecule has 3 rings (SSSR count). The van der Waals surface area contributed by atoms with Gasteiger partial charge in [0.2, 0.25) is 0 Å². The smallest absolute Gasteiger partial charge is 0.407 e. The Balaban J connectivity index is 1.71. The number of nitrogens with zero attached hydrogens (tertiary/aromatic N) is 2. The first-order valence-electron chi connectivity index (χ1n) is 8.34. The number of amides is 1. The zero-order valence-electron chi connectivity index (χ0n) is 14.7. The molecule has 0 bridgehead atoms. The predicted molar refractivity (Wildman–Crippen MR) is 94.4 cm³/mol. The van der Waals surface area contributed by atoms with Gasteiger partial charge in [0.15, 0.2) is 5.84 Å². The highest BCUT2D eigenvalue weighted by Gasteiger charge is 2.29. The summed E-state index contributed by atoms with van der Waals surface area (Å²) in [5.74, 6) is 0.464. The first-order chi connectivity index (χ1) is 11.7. The average molecular weight is 365 g/mol. The van der Waals surface area contributed by atoms with Crippen LogP contribution in [0.1, 0.15) is 39.2 Å². The summed E-state index contributed by atoms with van der Waals surface area (Å²) in [5.41, 5.74) is 0.0708. The molecule has 0 aliphatic carbocycles. The van der Waals surface area contributed by atoms with Crippen LogP contribution < -0.4 is 5.32 Å². The van der Waals surface area contributed by atoms with Crippen LogP contribution in [0.25, 0.3) is 0 Å². The Morgan fingerprint density at radius 3 is 2.80 bits per heavy atom. The van der Waals surface area contributed by atoms with Gasteiger partial charge in [-0.1, -0.05) is 12.1 Å². The molecule has 138 valence electrons. The number of amidine groups is 1. The van der Waals surface area contributed by atoms with Crippen molar-refractivity contribution in [3.8, 4) is 0 Å². The van der Waals surface area contributed by atoms with E-state index in [2.05, 4.69) is 9.71 Å². The van der Waals surface area contributed by atoms with Crippen LogP contribution in [-0.4, -0.2) is 50.7 Å². The molecule has 0 aromatic heterocycles. The van der Waals surface area contributed by atoms with E-state index < -0.39 is 22.5 Å². The van der Waals surface area contributed by atoms with E-state index in [1.54, 1.807) is 24.3 Å². The maximum absolute atomic E-state index is 12.2. The average Bonchev–Trinajstić information content (AvgIpc) is 2.78. The molecule has 1 aromatic rings. The number of piperidine rings is 1. The predicted octanol–water partition coefficient (Wildman–Crippen LogP) is 2.78. The molecule has 8 heteroatoms. The summed E-state index contributed by atoms with van der Waals surface area (Å²) >= 11 is 0. The minimum Gasteiger partial charge on any atom is -0.778 e. The largest absolute Gasteiger partial charge is 0.778 e. The Morgan fingerprint density at radius 1 is 1.36 bits per heavy atom. The van der Waals surface area contributed by atoms with Crippen molar-refractivity contribution in [2.75, 3.05) is 13.1 Å². The second-order valence-electron chi connectivity index (χ2n) is 7.32. The first kappa shape index (κ1) is 18.0. The van der Waals surface area contributed by atoms with Crippen molar-refractivity contribution in [3.63, 3.8) is 0 Å². The highest BCUT2D eigenvalue weighted by molar-refractivity contribution is 8.23. The molecule has 2 aliphatic heterocycles. The summed E-state index contributed by atoms with van der Waals surface area (Å²) in [7, 11) is -3.63. The number of carbonyl (C=O) groups is 1. The highest BCUT2D eigenvalue weighted by Crippen LogP contribution is 2.55. The third-order valence-electron chi connectivity index (χ3n) is 4.05. The third-order valence-corrected chi connectivity index (χ3v) is 5.38. The van der Waals surface area contributed by atoms with Gasteiger partial charge < -0.3 is 34.8 Å². The monoisotopic (exact) mass is 365 g/mol. The van der Waals surface area contributed by atoms with Crippen LogP contribution in [0.5, 0.6) is 0 Å². The Kier molecular flexibility index (Phi) is 4.70. The van der Waals surface area contributed by atoms with Crippen LogP contribution in [0, 0.1) is 0 Å². The molecule has 1 aromatic carbocycles. The third kappa shape index (κ3) is 4.08. The summed E-state index contributed by atoms with van der Waals surface area (Å²) in [5, 5.41) is 2.87. The number of nitrogens with one attached hydrogen (secondary N) is 1. The molecule has 2 aliphatic rings. The van der Waals surface area contributed by atoms with Gasteiger partial charge >= 0.3 is 6.09 Å². The summed E-state index contributed by atoms with van der Waals surface area (Å²) in [6, 6.07) is 6.72. The zero-order chi connectivity index (χ0) is 18.2. The molecule has 1 N–H and O–H groups in total. The summed E-state index contributed by atoms with van der Waals surface area (Å²) in [6.07, 6.45) is 1.19. The van der Waals surface area contributed by atoms with E-state index in [0.29, 0.717) is 24.5 Å². The molecule has 1 unspecified atom stereocenters. The molecule has 7 nitrogen and oxygen atoms in total. The number of hydrogen-bond acceptors (Lipinski definition) is 6. The number of benzene rings is 1. The van der Waals surface area contributed by atoms with Crippen molar-refractivity contribution < 1.29 is 18.6 Å². The fourth-order valence-electron chi connectivity index (χ4n) is 3.08. The number of likely N-dealkylation sites (tertiary alicyclic amines) is 1. The van der Waals surface area contributed by atoms with Crippen LogP contribution in [0.15, 0.2) is 33.6 Å². The number of ether oxygens (including phenoxy) is 1. The van der Waals surface area contributed by atoms with Gasteiger partial charge in [0.1, 0.15) is 5.60 Å². The van der Waals surface area contributed by atoms with Gasteiger partial charge in [-0.3, -0.25) is 0 Å². The van der Waals surface area contributed by atoms with E-state index in [-0.39, 0.29) is 10.9 Å². The highest BCUT2D eigenvalue weighted by atomic mass is 32.3. The van der Waals surface area contributed by atoms with Crippen LogP contribution in [0.3, 0.4) is 0 Å². The van der Waals surface area contributed by atoms with E-state index in [1.807, 2.05) is 25.7 Å². The summed E-state index contributed by atoms with van der Waals surface area (Å²) in [4.78, 5) is 14.1. The molecular weight excluding hydrogens is 342 g/mol. The maximum Gasteiger partial charge on any atom is 0.407 e.